The topological polar surface area (TPSA) is 38.8 Å². The van der Waals surface area contributed by atoms with Crippen LogP contribution in [-0.4, -0.2) is 37.1 Å². The zero-order valence-electron chi connectivity index (χ0n) is 11.6. The van der Waals surface area contributed by atoms with Gasteiger partial charge in [-0.3, -0.25) is 4.79 Å². The van der Waals surface area contributed by atoms with E-state index in [1.54, 1.807) is 14.0 Å². The van der Waals surface area contributed by atoms with E-state index < -0.39 is 6.10 Å². The molecule has 19 heavy (non-hydrogen) atoms. The highest BCUT2D eigenvalue weighted by molar-refractivity contribution is 5.81. The molecule has 1 aromatic carbocycles. The second-order valence-corrected chi connectivity index (χ2v) is 4.82. The number of ether oxygens (including phenoxy) is 2. The van der Waals surface area contributed by atoms with Crippen LogP contribution in [0.3, 0.4) is 0 Å². The van der Waals surface area contributed by atoms with E-state index >= 15 is 0 Å². The summed E-state index contributed by atoms with van der Waals surface area (Å²) in [7, 11) is 1.62. The number of rotatable bonds is 4. The first-order valence-electron chi connectivity index (χ1n) is 6.80. The third kappa shape index (κ3) is 3.63. The predicted octanol–water partition coefficient (Wildman–Crippen LogP) is 2.48. The highest BCUT2D eigenvalue weighted by Crippen LogP contribution is 2.19. The van der Waals surface area contributed by atoms with E-state index in [2.05, 4.69) is 0 Å². The minimum absolute atomic E-state index is 0.0792. The van der Waals surface area contributed by atoms with Crippen molar-refractivity contribution >= 4 is 5.91 Å². The number of benzene rings is 1. The Labute approximate surface area is 114 Å². The number of methoxy groups -OCH3 is 1. The van der Waals surface area contributed by atoms with Gasteiger partial charge in [0, 0.05) is 13.1 Å². The largest absolute Gasteiger partial charge is 0.497 e. The molecule has 4 heteroatoms. The van der Waals surface area contributed by atoms with Gasteiger partial charge >= 0.3 is 0 Å². The van der Waals surface area contributed by atoms with Crippen LogP contribution in [0.15, 0.2) is 24.3 Å². The van der Waals surface area contributed by atoms with Gasteiger partial charge in [0.15, 0.2) is 6.10 Å². The first-order chi connectivity index (χ1) is 9.20. The van der Waals surface area contributed by atoms with E-state index in [0.717, 1.165) is 31.7 Å². The second-order valence-electron chi connectivity index (χ2n) is 4.82. The Kier molecular flexibility index (Phi) is 4.66. The first-order valence-corrected chi connectivity index (χ1v) is 6.80. The molecule has 1 aliphatic rings. The minimum Gasteiger partial charge on any atom is -0.497 e. The van der Waals surface area contributed by atoms with Crippen LogP contribution in [0, 0.1) is 0 Å². The monoisotopic (exact) mass is 263 g/mol. The molecular weight excluding hydrogens is 242 g/mol. The average Bonchev–Trinajstić information content (AvgIpc) is 2.48. The van der Waals surface area contributed by atoms with Gasteiger partial charge in [0.1, 0.15) is 11.5 Å². The highest BCUT2D eigenvalue weighted by Gasteiger charge is 2.23. The molecule has 104 valence electrons. The number of nitrogens with zero attached hydrogens (tertiary/aromatic N) is 1. The molecule has 0 aliphatic carbocycles. The van der Waals surface area contributed by atoms with Crippen molar-refractivity contribution in [3.63, 3.8) is 0 Å². The molecule has 1 fully saturated rings. The molecule has 0 spiro atoms. The van der Waals surface area contributed by atoms with Gasteiger partial charge in [-0.2, -0.15) is 0 Å². The van der Waals surface area contributed by atoms with Crippen LogP contribution in [0.2, 0.25) is 0 Å². The van der Waals surface area contributed by atoms with Crippen molar-refractivity contribution in [3.8, 4) is 11.5 Å². The summed E-state index contributed by atoms with van der Waals surface area (Å²) in [6, 6.07) is 7.29. The molecule has 1 aromatic rings. The fourth-order valence-corrected chi connectivity index (χ4v) is 2.28. The number of amides is 1. The van der Waals surface area contributed by atoms with Crippen molar-refractivity contribution in [1.82, 2.24) is 4.90 Å². The van der Waals surface area contributed by atoms with E-state index in [9.17, 15) is 4.79 Å². The lowest BCUT2D eigenvalue weighted by Crippen LogP contribution is -2.43. The molecule has 0 bridgehead atoms. The molecule has 0 N–H and O–H groups in total. The summed E-state index contributed by atoms with van der Waals surface area (Å²) in [6.45, 7) is 3.52. The summed E-state index contributed by atoms with van der Waals surface area (Å²) in [4.78, 5) is 14.1. The van der Waals surface area contributed by atoms with E-state index in [1.165, 1.54) is 6.42 Å². The molecule has 1 amide bonds. The summed E-state index contributed by atoms with van der Waals surface area (Å²) >= 11 is 0. The van der Waals surface area contributed by atoms with Crippen LogP contribution < -0.4 is 9.47 Å². The van der Waals surface area contributed by atoms with Gasteiger partial charge in [0.05, 0.1) is 7.11 Å². The smallest absolute Gasteiger partial charge is 0.263 e. The Bertz CT molecular complexity index is 410. The van der Waals surface area contributed by atoms with Gasteiger partial charge < -0.3 is 14.4 Å². The number of carbonyl (C=O) groups excluding carboxylic acids is 1. The fraction of sp³-hybridized carbons (Fsp3) is 0.533. The fourth-order valence-electron chi connectivity index (χ4n) is 2.28. The molecule has 0 saturated carbocycles. The Hall–Kier alpha value is -1.71. The van der Waals surface area contributed by atoms with Gasteiger partial charge in [-0.1, -0.05) is 0 Å². The van der Waals surface area contributed by atoms with E-state index in [-0.39, 0.29) is 5.91 Å². The lowest BCUT2D eigenvalue weighted by atomic mass is 10.1. The third-order valence-electron chi connectivity index (χ3n) is 3.39. The van der Waals surface area contributed by atoms with Gasteiger partial charge in [0.25, 0.3) is 5.91 Å². The summed E-state index contributed by atoms with van der Waals surface area (Å²) in [5.41, 5.74) is 0. The number of likely N-dealkylation sites (tertiary alicyclic amines) is 1. The standard InChI is InChI=1S/C15H21NO3/c1-12(15(17)16-10-4-3-5-11-16)19-14-8-6-13(18-2)7-9-14/h6-9,12H,3-5,10-11H2,1-2H3. The molecule has 1 heterocycles. The summed E-state index contributed by atoms with van der Waals surface area (Å²) in [5, 5.41) is 0. The molecule has 0 radical (unpaired) electrons. The predicted molar refractivity (Wildman–Crippen MR) is 73.5 cm³/mol. The van der Waals surface area contributed by atoms with Crippen molar-refractivity contribution < 1.29 is 14.3 Å². The zero-order chi connectivity index (χ0) is 13.7. The molecule has 1 aliphatic heterocycles. The second kappa shape index (κ2) is 6.45. The first kappa shape index (κ1) is 13.7. The lowest BCUT2D eigenvalue weighted by Gasteiger charge is -2.29. The van der Waals surface area contributed by atoms with E-state index in [1.807, 2.05) is 29.2 Å². The van der Waals surface area contributed by atoms with Crippen LogP contribution in [0.5, 0.6) is 11.5 Å². The summed E-state index contributed by atoms with van der Waals surface area (Å²) in [5.74, 6) is 1.55. The van der Waals surface area contributed by atoms with Gasteiger partial charge in [0.2, 0.25) is 0 Å². The summed E-state index contributed by atoms with van der Waals surface area (Å²) in [6.07, 6.45) is 2.98. The number of hydrogen-bond acceptors (Lipinski definition) is 3. The SMILES string of the molecule is COc1ccc(OC(C)C(=O)N2CCCCC2)cc1. The van der Waals surface area contributed by atoms with Crippen LogP contribution in [0.1, 0.15) is 26.2 Å². The maximum absolute atomic E-state index is 12.2. The number of carbonyl (C=O) groups is 1. The maximum Gasteiger partial charge on any atom is 0.263 e. The lowest BCUT2D eigenvalue weighted by molar-refractivity contribution is -0.138. The molecule has 0 aromatic heterocycles. The Balaban J connectivity index is 1.91. The average molecular weight is 263 g/mol. The highest BCUT2D eigenvalue weighted by atomic mass is 16.5. The van der Waals surface area contributed by atoms with Crippen molar-refractivity contribution in [2.75, 3.05) is 20.2 Å². The van der Waals surface area contributed by atoms with Crippen LogP contribution in [0.25, 0.3) is 0 Å². The molecular formula is C15H21NO3. The van der Waals surface area contributed by atoms with Crippen molar-refractivity contribution in [3.05, 3.63) is 24.3 Å². The zero-order valence-corrected chi connectivity index (χ0v) is 11.6. The van der Waals surface area contributed by atoms with Crippen LogP contribution >= 0.6 is 0 Å². The molecule has 1 unspecified atom stereocenters. The molecule has 2 rings (SSSR count). The molecule has 1 atom stereocenters. The van der Waals surface area contributed by atoms with E-state index in [4.69, 9.17) is 9.47 Å². The van der Waals surface area contributed by atoms with Crippen molar-refractivity contribution in [2.45, 2.75) is 32.3 Å². The number of piperidine rings is 1. The Morgan fingerprint density at radius 2 is 1.68 bits per heavy atom. The van der Waals surface area contributed by atoms with Crippen LogP contribution in [-0.2, 0) is 4.79 Å². The Morgan fingerprint density at radius 1 is 1.11 bits per heavy atom. The number of hydrogen-bond donors (Lipinski definition) is 0. The third-order valence-corrected chi connectivity index (χ3v) is 3.39. The van der Waals surface area contributed by atoms with Gasteiger partial charge in [-0.05, 0) is 50.5 Å². The molecule has 1 saturated heterocycles. The summed E-state index contributed by atoms with van der Waals surface area (Å²) < 4.78 is 10.8. The quantitative estimate of drug-likeness (QED) is 0.837. The van der Waals surface area contributed by atoms with Crippen molar-refractivity contribution in [1.29, 1.82) is 0 Å². The van der Waals surface area contributed by atoms with E-state index in [0.29, 0.717) is 5.75 Å². The van der Waals surface area contributed by atoms with Gasteiger partial charge in [-0.25, -0.2) is 0 Å². The minimum atomic E-state index is -0.438. The molecule has 4 nitrogen and oxygen atoms in total. The maximum atomic E-state index is 12.2. The van der Waals surface area contributed by atoms with Gasteiger partial charge in [-0.15, -0.1) is 0 Å². The van der Waals surface area contributed by atoms with Crippen molar-refractivity contribution in [2.24, 2.45) is 0 Å². The normalized spacial score (nSPS) is 16.8. The Morgan fingerprint density at radius 3 is 2.26 bits per heavy atom. The van der Waals surface area contributed by atoms with Crippen LogP contribution in [0.4, 0.5) is 0 Å².